The lowest BCUT2D eigenvalue weighted by Gasteiger charge is -2.09. The van der Waals surface area contributed by atoms with Gasteiger partial charge in [0.2, 0.25) is 0 Å². The van der Waals surface area contributed by atoms with Crippen molar-refractivity contribution in [1.82, 2.24) is 9.78 Å². The van der Waals surface area contributed by atoms with Crippen LogP contribution in [-0.2, 0) is 19.1 Å². The topological polar surface area (TPSA) is 38.1 Å². The Bertz CT molecular complexity index is 965. The third-order valence-corrected chi connectivity index (χ3v) is 4.56. The van der Waals surface area contributed by atoms with Gasteiger partial charge in [0.1, 0.15) is 11.6 Å². The molecule has 0 atom stereocenters. The molecule has 28 heavy (non-hydrogen) atoms. The van der Waals surface area contributed by atoms with E-state index in [4.69, 9.17) is 5.11 Å². The fourth-order valence-corrected chi connectivity index (χ4v) is 3.12. The van der Waals surface area contributed by atoms with Gasteiger partial charge >= 0.3 is 6.18 Å². The smallest absolute Gasteiger partial charge is 0.396 e. The molecule has 3 nitrogen and oxygen atoms in total. The Morgan fingerprint density at radius 3 is 2.43 bits per heavy atom. The van der Waals surface area contributed by atoms with E-state index in [2.05, 4.69) is 5.10 Å². The highest BCUT2D eigenvalue weighted by atomic mass is 19.4. The molecule has 3 rings (SSSR count). The van der Waals surface area contributed by atoms with Crippen molar-refractivity contribution in [1.29, 1.82) is 0 Å². The molecule has 0 saturated carbocycles. The maximum Gasteiger partial charge on any atom is 0.416 e. The zero-order valence-electron chi connectivity index (χ0n) is 14.9. The quantitative estimate of drug-likeness (QED) is 0.445. The highest BCUT2D eigenvalue weighted by molar-refractivity contribution is 5.83. The van der Waals surface area contributed by atoms with E-state index in [0.29, 0.717) is 23.9 Å². The van der Waals surface area contributed by atoms with Crippen molar-refractivity contribution < 1.29 is 27.1 Å². The number of aromatic nitrogens is 2. The van der Waals surface area contributed by atoms with Gasteiger partial charge in [-0.15, -0.1) is 0 Å². The van der Waals surface area contributed by atoms with Crippen LogP contribution in [0.4, 0.5) is 22.0 Å². The number of hydrogen-bond acceptors (Lipinski definition) is 2. The van der Waals surface area contributed by atoms with Crippen LogP contribution in [0.3, 0.4) is 0 Å². The van der Waals surface area contributed by atoms with Gasteiger partial charge in [-0.3, -0.25) is 4.68 Å². The Balaban J connectivity index is 2.00. The number of rotatable bonds is 7. The number of fused-ring (bicyclic) bond motifs is 1. The van der Waals surface area contributed by atoms with Crippen molar-refractivity contribution in [2.24, 2.45) is 0 Å². The van der Waals surface area contributed by atoms with Crippen molar-refractivity contribution in [3.05, 3.63) is 64.9 Å². The second kappa shape index (κ2) is 8.26. The molecular formula is C20H19F5N2O. The van der Waals surface area contributed by atoms with Gasteiger partial charge in [-0.05, 0) is 37.5 Å². The van der Waals surface area contributed by atoms with Crippen LogP contribution >= 0.6 is 0 Å². The number of halogens is 5. The minimum atomic E-state index is -4.51. The summed E-state index contributed by atoms with van der Waals surface area (Å²) in [5.74, 6) is -1.50. The molecule has 3 aromatic rings. The first-order valence-corrected chi connectivity index (χ1v) is 8.91. The number of aliphatic hydroxyl groups excluding tert-OH is 1. The molecule has 0 unspecified atom stereocenters. The fraction of sp³-hybridized carbons (Fsp3) is 0.350. The first-order chi connectivity index (χ1) is 13.3. The largest absolute Gasteiger partial charge is 0.416 e. The van der Waals surface area contributed by atoms with E-state index in [1.54, 1.807) is 0 Å². The van der Waals surface area contributed by atoms with E-state index in [-0.39, 0.29) is 24.2 Å². The SMILES string of the molecule is OCCCCCc1nn(Cc2ccc(F)cc2F)c2cc(C(F)(F)F)ccc12. The van der Waals surface area contributed by atoms with Crippen LogP contribution in [0.1, 0.15) is 36.1 Å². The molecule has 0 saturated heterocycles. The number of alkyl halides is 3. The Labute approximate surface area is 158 Å². The number of nitrogens with zero attached hydrogens (tertiary/aromatic N) is 2. The maximum absolute atomic E-state index is 14.0. The Morgan fingerprint density at radius 1 is 0.964 bits per heavy atom. The Morgan fingerprint density at radius 2 is 1.75 bits per heavy atom. The highest BCUT2D eigenvalue weighted by Gasteiger charge is 2.31. The van der Waals surface area contributed by atoms with E-state index in [1.807, 2.05) is 0 Å². The van der Waals surface area contributed by atoms with Gasteiger partial charge < -0.3 is 5.11 Å². The molecule has 0 aliphatic heterocycles. The first kappa shape index (κ1) is 20.3. The van der Waals surface area contributed by atoms with Crippen molar-refractivity contribution >= 4 is 10.9 Å². The van der Waals surface area contributed by atoms with E-state index in [9.17, 15) is 22.0 Å². The number of unbranched alkanes of at least 4 members (excludes halogenated alkanes) is 2. The number of aryl methyl sites for hydroxylation is 1. The van der Waals surface area contributed by atoms with Crippen molar-refractivity contribution in [3.8, 4) is 0 Å². The zero-order chi connectivity index (χ0) is 20.3. The third-order valence-electron chi connectivity index (χ3n) is 4.56. The Kier molecular flexibility index (Phi) is 5.98. The van der Waals surface area contributed by atoms with Crippen molar-refractivity contribution in [2.75, 3.05) is 6.61 Å². The standard InChI is InChI=1S/C20H19F5N2O/c21-15-7-5-13(17(22)11-15)12-27-19-10-14(20(23,24)25)6-8-16(19)18(26-27)4-2-1-3-9-28/h5-8,10-11,28H,1-4,9,12H2. The van der Waals surface area contributed by atoms with E-state index < -0.39 is 23.4 Å². The van der Waals surface area contributed by atoms with Crippen LogP contribution in [0.5, 0.6) is 0 Å². The highest BCUT2D eigenvalue weighted by Crippen LogP contribution is 2.33. The molecule has 0 spiro atoms. The van der Waals surface area contributed by atoms with Crippen LogP contribution in [0, 0.1) is 11.6 Å². The van der Waals surface area contributed by atoms with Gasteiger partial charge in [-0.25, -0.2) is 8.78 Å². The summed E-state index contributed by atoms with van der Waals surface area (Å²) in [5, 5.41) is 13.8. The predicted octanol–water partition coefficient (Wildman–Crippen LogP) is 5.09. The summed E-state index contributed by atoms with van der Waals surface area (Å²) in [6, 6.07) is 6.47. The molecule has 1 N–H and O–H groups in total. The van der Waals surface area contributed by atoms with Crippen LogP contribution in [0.15, 0.2) is 36.4 Å². The van der Waals surface area contributed by atoms with E-state index >= 15 is 0 Å². The molecule has 2 aromatic carbocycles. The number of hydrogen-bond donors (Lipinski definition) is 1. The van der Waals surface area contributed by atoms with Gasteiger partial charge in [0.05, 0.1) is 23.3 Å². The lowest BCUT2D eigenvalue weighted by atomic mass is 10.1. The number of benzene rings is 2. The summed E-state index contributed by atoms with van der Waals surface area (Å²) < 4.78 is 67.8. The van der Waals surface area contributed by atoms with Crippen LogP contribution in [0.25, 0.3) is 10.9 Å². The minimum absolute atomic E-state index is 0.0774. The van der Waals surface area contributed by atoms with Gasteiger partial charge in [-0.1, -0.05) is 18.6 Å². The van der Waals surface area contributed by atoms with Crippen LogP contribution in [-0.4, -0.2) is 21.5 Å². The van der Waals surface area contributed by atoms with Gasteiger partial charge in [0.25, 0.3) is 0 Å². The molecule has 0 bridgehead atoms. The van der Waals surface area contributed by atoms with Gasteiger partial charge in [0, 0.05) is 23.6 Å². The summed E-state index contributed by atoms with van der Waals surface area (Å²) in [6.07, 6.45) is -1.86. The van der Waals surface area contributed by atoms with Gasteiger partial charge in [-0.2, -0.15) is 18.3 Å². The molecule has 0 aliphatic rings. The zero-order valence-corrected chi connectivity index (χ0v) is 14.9. The molecule has 0 radical (unpaired) electrons. The normalized spacial score (nSPS) is 12.1. The summed E-state index contributed by atoms with van der Waals surface area (Å²) in [5.41, 5.74) is 0.183. The average Bonchev–Trinajstić information content (AvgIpc) is 2.97. The second-order valence-corrected chi connectivity index (χ2v) is 6.60. The van der Waals surface area contributed by atoms with Crippen LogP contribution < -0.4 is 0 Å². The van der Waals surface area contributed by atoms with Crippen molar-refractivity contribution in [2.45, 2.75) is 38.4 Å². The number of aliphatic hydroxyl groups is 1. The lowest BCUT2D eigenvalue weighted by molar-refractivity contribution is -0.137. The Hall–Kier alpha value is -2.48. The van der Waals surface area contributed by atoms with Crippen LogP contribution in [0.2, 0.25) is 0 Å². The molecule has 8 heteroatoms. The fourth-order valence-electron chi connectivity index (χ4n) is 3.12. The molecule has 0 amide bonds. The van der Waals surface area contributed by atoms with E-state index in [0.717, 1.165) is 37.1 Å². The minimum Gasteiger partial charge on any atom is -0.396 e. The van der Waals surface area contributed by atoms with Gasteiger partial charge in [0.15, 0.2) is 0 Å². The third kappa shape index (κ3) is 4.49. The molecule has 150 valence electrons. The second-order valence-electron chi connectivity index (χ2n) is 6.60. The summed E-state index contributed by atoms with van der Waals surface area (Å²) in [6.45, 7) is -0.0332. The molecule has 1 heterocycles. The lowest BCUT2D eigenvalue weighted by Crippen LogP contribution is -2.07. The monoisotopic (exact) mass is 398 g/mol. The predicted molar refractivity (Wildman–Crippen MR) is 94.8 cm³/mol. The summed E-state index contributed by atoms with van der Waals surface area (Å²) in [4.78, 5) is 0. The summed E-state index contributed by atoms with van der Waals surface area (Å²) in [7, 11) is 0. The maximum atomic E-state index is 14.0. The average molecular weight is 398 g/mol. The van der Waals surface area contributed by atoms with E-state index in [1.165, 1.54) is 16.8 Å². The van der Waals surface area contributed by atoms with Crippen molar-refractivity contribution in [3.63, 3.8) is 0 Å². The summed E-state index contributed by atoms with van der Waals surface area (Å²) >= 11 is 0. The molecule has 0 aliphatic carbocycles. The molecular weight excluding hydrogens is 379 g/mol. The first-order valence-electron chi connectivity index (χ1n) is 8.91. The molecule has 1 aromatic heterocycles. The molecule has 0 fully saturated rings.